The first-order valence-electron chi connectivity index (χ1n) is 7.26. The minimum atomic E-state index is 0.779. The molecule has 0 spiro atoms. The monoisotopic (exact) mass is 230 g/mol. The van der Waals surface area contributed by atoms with Crippen molar-refractivity contribution in [1.82, 2.24) is 0 Å². The average molecular weight is 230 g/mol. The van der Waals surface area contributed by atoms with Gasteiger partial charge in [0.1, 0.15) is 0 Å². The van der Waals surface area contributed by atoms with Crippen LogP contribution in [0.4, 0.5) is 0 Å². The zero-order valence-electron chi connectivity index (χ0n) is 12.3. The van der Waals surface area contributed by atoms with Gasteiger partial charge in [0.05, 0.1) is 0 Å². The molecule has 0 fully saturated rings. The molecule has 1 nitrogen and oxygen atoms in total. The first-order chi connectivity index (χ1) is 7.68. The number of hydrogen-bond donors (Lipinski definition) is 0. The van der Waals surface area contributed by atoms with E-state index in [0.29, 0.717) is 0 Å². The quantitative estimate of drug-likeness (QED) is 0.479. The highest BCUT2D eigenvalue weighted by molar-refractivity contribution is 4.43. The topological polar surface area (TPSA) is 9.23 Å². The van der Waals surface area contributed by atoms with Crippen molar-refractivity contribution in [3.8, 4) is 0 Å². The van der Waals surface area contributed by atoms with Gasteiger partial charge in [-0.05, 0) is 18.8 Å². The lowest BCUT2D eigenvalue weighted by atomic mass is 10.1. The average Bonchev–Trinajstić information content (AvgIpc) is 2.25. The van der Waals surface area contributed by atoms with Gasteiger partial charge < -0.3 is 4.74 Å². The highest BCUT2D eigenvalue weighted by Gasteiger charge is 1.93. The van der Waals surface area contributed by atoms with Gasteiger partial charge >= 0.3 is 0 Å². The van der Waals surface area contributed by atoms with Crippen LogP contribution in [0.25, 0.3) is 0 Å². The van der Waals surface area contributed by atoms with Crippen molar-refractivity contribution in [3.05, 3.63) is 0 Å². The summed E-state index contributed by atoms with van der Waals surface area (Å²) in [5, 5.41) is 0. The highest BCUT2D eigenvalue weighted by Crippen LogP contribution is 2.00. The molecule has 0 saturated carbocycles. The summed E-state index contributed by atoms with van der Waals surface area (Å²) in [6.45, 7) is 13.0. The Morgan fingerprint density at radius 2 is 1.31 bits per heavy atom. The van der Waals surface area contributed by atoms with Crippen LogP contribution in [0.5, 0.6) is 0 Å². The fourth-order valence-electron chi connectivity index (χ4n) is 1.23. The fraction of sp³-hybridized carbons (Fsp3) is 1.00. The van der Waals surface area contributed by atoms with E-state index in [0.717, 1.165) is 19.1 Å². The number of rotatable bonds is 9. The van der Waals surface area contributed by atoms with E-state index in [1.807, 2.05) is 0 Å². The van der Waals surface area contributed by atoms with Crippen molar-refractivity contribution < 1.29 is 4.74 Å². The van der Waals surface area contributed by atoms with Gasteiger partial charge in [0, 0.05) is 13.2 Å². The summed E-state index contributed by atoms with van der Waals surface area (Å²) < 4.78 is 5.45. The lowest BCUT2D eigenvalue weighted by Gasteiger charge is -2.05. The smallest absolute Gasteiger partial charge is 0.0468 e. The van der Waals surface area contributed by atoms with Crippen molar-refractivity contribution >= 4 is 0 Å². The second-order valence-corrected chi connectivity index (χ2v) is 4.86. The molecule has 0 aromatic heterocycles. The van der Waals surface area contributed by atoms with Crippen LogP contribution < -0.4 is 0 Å². The van der Waals surface area contributed by atoms with Crippen LogP contribution in [0.2, 0.25) is 0 Å². The number of hydrogen-bond acceptors (Lipinski definition) is 1. The van der Waals surface area contributed by atoms with E-state index >= 15 is 0 Å². The van der Waals surface area contributed by atoms with Gasteiger partial charge in [0.15, 0.2) is 0 Å². The SMILES string of the molecule is CCCCC.CCCCCOCCC(C)C. The molecule has 1 heteroatoms. The zero-order valence-corrected chi connectivity index (χ0v) is 12.3. The molecule has 0 heterocycles. The largest absolute Gasteiger partial charge is 0.381 e. The standard InChI is InChI=1S/C10H22O.C5H12/c1-4-5-6-8-11-9-7-10(2)3;1-3-5-4-2/h10H,4-9H2,1-3H3;3-5H2,1-2H3. The summed E-state index contributed by atoms with van der Waals surface area (Å²) in [5.74, 6) is 0.779. The van der Waals surface area contributed by atoms with E-state index < -0.39 is 0 Å². The Bertz CT molecular complexity index is 97.6. The van der Waals surface area contributed by atoms with Gasteiger partial charge in [0.25, 0.3) is 0 Å². The van der Waals surface area contributed by atoms with Crippen molar-refractivity contribution in [2.75, 3.05) is 13.2 Å². The summed E-state index contributed by atoms with van der Waals surface area (Å²) >= 11 is 0. The second-order valence-electron chi connectivity index (χ2n) is 4.86. The molecule has 0 saturated heterocycles. The lowest BCUT2D eigenvalue weighted by molar-refractivity contribution is 0.120. The minimum Gasteiger partial charge on any atom is -0.381 e. The summed E-state index contributed by atoms with van der Waals surface area (Å²) in [7, 11) is 0. The molecule has 100 valence electrons. The molecule has 0 atom stereocenters. The van der Waals surface area contributed by atoms with E-state index in [1.165, 1.54) is 44.9 Å². The molecule has 0 amide bonds. The first-order valence-corrected chi connectivity index (χ1v) is 7.26. The normalized spacial score (nSPS) is 10.1. The van der Waals surface area contributed by atoms with Gasteiger partial charge in [-0.2, -0.15) is 0 Å². The molecule has 0 N–H and O–H groups in total. The fourth-order valence-corrected chi connectivity index (χ4v) is 1.23. The zero-order chi connectivity index (χ0) is 12.6. The first kappa shape index (κ1) is 18.3. The van der Waals surface area contributed by atoms with Crippen LogP contribution in [-0.2, 0) is 4.74 Å². The van der Waals surface area contributed by atoms with Crippen LogP contribution in [0.1, 0.15) is 79.6 Å². The molecule has 0 aliphatic heterocycles. The van der Waals surface area contributed by atoms with Crippen LogP contribution in [0.15, 0.2) is 0 Å². The number of ether oxygens (including phenoxy) is 1. The third kappa shape index (κ3) is 23.6. The predicted molar refractivity (Wildman–Crippen MR) is 75.0 cm³/mol. The van der Waals surface area contributed by atoms with E-state index in [9.17, 15) is 0 Å². The van der Waals surface area contributed by atoms with E-state index in [4.69, 9.17) is 4.74 Å². The molecule has 0 aliphatic rings. The molecule has 0 radical (unpaired) electrons. The minimum absolute atomic E-state index is 0.779. The Hall–Kier alpha value is -0.0400. The van der Waals surface area contributed by atoms with Crippen molar-refractivity contribution in [2.45, 2.75) is 79.6 Å². The molecule has 0 aromatic carbocycles. The maximum absolute atomic E-state index is 5.45. The van der Waals surface area contributed by atoms with E-state index in [1.54, 1.807) is 0 Å². The Labute approximate surface area is 104 Å². The summed E-state index contributed by atoms with van der Waals surface area (Å²) in [5.41, 5.74) is 0. The molecule has 16 heavy (non-hydrogen) atoms. The lowest BCUT2D eigenvalue weighted by Crippen LogP contribution is -2.00. The van der Waals surface area contributed by atoms with Gasteiger partial charge in [0.2, 0.25) is 0 Å². The molecule has 0 bridgehead atoms. The highest BCUT2D eigenvalue weighted by atomic mass is 16.5. The van der Waals surface area contributed by atoms with Crippen molar-refractivity contribution in [3.63, 3.8) is 0 Å². The Morgan fingerprint density at radius 3 is 1.69 bits per heavy atom. The Morgan fingerprint density at radius 1 is 0.750 bits per heavy atom. The predicted octanol–water partition coefficient (Wildman–Crippen LogP) is 5.44. The van der Waals surface area contributed by atoms with Crippen LogP contribution in [0.3, 0.4) is 0 Å². The van der Waals surface area contributed by atoms with Crippen LogP contribution >= 0.6 is 0 Å². The van der Waals surface area contributed by atoms with E-state index in [-0.39, 0.29) is 0 Å². The molecule has 0 unspecified atom stereocenters. The molecular formula is C15H34O. The van der Waals surface area contributed by atoms with Crippen molar-refractivity contribution in [2.24, 2.45) is 5.92 Å². The second kappa shape index (κ2) is 17.4. The maximum Gasteiger partial charge on any atom is 0.0468 e. The molecule has 0 rings (SSSR count). The molecule has 0 aromatic rings. The summed E-state index contributed by atoms with van der Waals surface area (Å²) in [4.78, 5) is 0. The maximum atomic E-state index is 5.45. The van der Waals surface area contributed by atoms with Crippen LogP contribution in [-0.4, -0.2) is 13.2 Å². The molecule has 0 aliphatic carbocycles. The third-order valence-electron chi connectivity index (χ3n) is 2.44. The summed E-state index contributed by atoms with van der Waals surface area (Å²) in [6.07, 6.45) is 9.10. The summed E-state index contributed by atoms with van der Waals surface area (Å²) in [6, 6.07) is 0. The van der Waals surface area contributed by atoms with Gasteiger partial charge in [-0.1, -0.05) is 66.7 Å². The number of unbranched alkanes of at least 4 members (excludes halogenated alkanes) is 4. The molecular weight excluding hydrogens is 196 g/mol. The third-order valence-corrected chi connectivity index (χ3v) is 2.44. The Kier molecular flexibility index (Phi) is 19.9. The van der Waals surface area contributed by atoms with Crippen molar-refractivity contribution in [1.29, 1.82) is 0 Å². The Balaban J connectivity index is 0. The van der Waals surface area contributed by atoms with Gasteiger partial charge in [-0.3, -0.25) is 0 Å². The van der Waals surface area contributed by atoms with Gasteiger partial charge in [-0.25, -0.2) is 0 Å². The van der Waals surface area contributed by atoms with E-state index in [2.05, 4.69) is 34.6 Å². The van der Waals surface area contributed by atoms with Crippen LogP contribution in [0, 0.1) is 5.92 Å². The van der Waals surface area contributed by atoms with Gasteiger partial charge in [-0.15, -0.1) is 0 Å².